The summed E-state index contributed by atoms with van der Waals surface area (Å²) in [7, 11) is 0. The molecule has 8 nitrogen and oxygen atoms in total. The number of hydrogen-bond donors (Lipinski definition) is 4. The van der Waals surface area contributed by atoms with Crippen molar-refractivity contribution < 1.29 is 20.5 Å². The highest BCUT2D eigenvalue weighted by molar-refractivity contribution is 7.80. The van der Waals surface area contributed by atoms with Crippen LogP contribution in [0.4, 0.5) is 10.8 Å². The minimum absolute atomic E-state index is 0. The Balaban J connectivity index is 0.000000480. The number of aromatic nitrogens is 1. The van der Waals surface area contributed by atoms with Gasteiger partial charge in [-0.05, 0) is 67.9 Å². The van der Waals surface area contributed by atoms with Gasteiger partial charge in [0.2, 0.25) is 5.91 Å². The fraction of sp³-hybridized carbons (Fsp3) is 0.393. The van der Waals surface area contributed by atoms with Crippen LogP contribution in [0.3, 0.4) is 0 Å². The first-order valence-electron chi connectivity index (χ1n) is 12.7. The highest BCUT2D eigenvalue weighted by Gasteiger charge is 2.18. The summed E-state index contributed by atoms with van der Waals surface area (Å²) in [5.41, 5.74) is 4.06. The number of thiol groups is 1. The largest absolute Gasteiger partial charge is 0.412 e. The van der Waals surface area contributed by atoms with Gasteiger partial charge in [0, 0.05) is 27.1 Å². The highest BCUT2D eigenvalue weighted by Crippen LogP contribution is 2.31. The van der Waals surface area contributed by atoms with Crippen molar-refractivity contribution in [2.45, 2.75) is 63.7 Å². The lowest BCUT2D eigenvalue weighted by Crippen LogP contribution is -2.16. The minimum Gasteiger partial charge on any atom is -0.412 e. The molecule has 38 heavy (non-hydrogen) atoms. The van der Waals surface area contributed by atoms with Crippen molar-refractivity contribution >= 4 is 46.6 Å². The summed E-state index contributed by atoms with van der Waals surface area (Å²) in [5.74, 6) is -0.205. The zero-order valence-corrected chi connectivity index (χ0v) is 23.8. The maximum Gasteiger partial charge on any atom is 0.257 e. The van der Waals surface area contributed by atoms with Crippen LogP contribution >= 0.6 is 24.0 Å². The second-order valence-electron chi connectivity index (χ2n) is 8.80. The fourth-order valence-electron chi connectivity index (χ4n) is 3.76. The Hall–Kier alpha value is -2.76. The summed E-state index contributed by atoms with van der Waals surface area (Å²) < 4.78 is 0. The molecule has 0 fully saturated rings. The lowest BCUT2D eigenvalue weighted by Gasteiger charge is -2.03. The third-order valence-electron chi connectivity index (χ3n) is 5.79. The molecule has 0 atom stereocenters. The van der Waals surface area contributed by atoms with Gasteiger partial charge >= 0.3 is 0 Å². The minimum atomic E-state index is -0.210. The van der Waals surface area contributed by atoms with E-state index in [0.717, 1.165) is 27.4 Å². The first-order valence-corrected chi connectivity index (χ1v) is 14.0. The molecule has 0 spiro atoms. The maximum atomic E-state index is 12.2. The van der Waals surface area contributed by atoms with Gasteiger partial charge in [0.15, 0.2) is 5.13 Å². The van der Waals surface area contributed by atoms with Crippen LogP contribution in [0.25, 0.3) is 11.3 Å². The van der Waals surface area contributed by atoms with Crippen molar-refractivity contribution in [1.29, 1.82) is 0 Å². The Morgan fingerprint density at radius 3 is 2.29 bits per heavy atom. The van der Waals surface area contributed by atoms with Gasteiger partial charge in [-0.1, -0.05) is 45.6 Å². The summed E-state index contributed by atoms with van der Waals surface area (Å²) in [6.45, 7) is 6.93. The second-order valence-corrected chi connectivity index (χ2v) is 10.2. The van der Waals surface area contributed by atoms with Gasteiger partial charge in [0.1, 0.15) is 0 Å². The number of carbonyl (C=O) groups excluding carboxylic acids is 2. The van der Waals surface area contributed by atoms with Gasteiger partial charge in [-0.3, -0.25) is 14.9 Å². The third-order valence-corrected chi connectivity index (χ3v) is 6.85. The van der Waals surface area contributed by atoms with Crippen LogP contribution in [0.1, 0.15) is 68.3 Å². The van der Waals surface area contributed by atoms with Crippen LogP contribution in [0, 0.1) is 0 Å². The van der Waals surface area contributed by atoms with Crippen molar-refractivity contribution in [2.24, 2.45) is 0 Å². The smallest absolute Gasteiger partial charge is 0.257 e. The van der Waals surface area contributed by atoms with E-state index in [1.807, 2.05) is 23.6 Å². The van der Waals surface area contributed by atoms with E-state index in [4.69, 9.17) is 0 Å². The van der Waals surface area contributed by atoms with Crippen molar-refractivity contribution in [3.8, 4) is 11.3 Å². The number of hydrogen-bond acceptors (Lipinski definition) is 6. The average molecular weight is 561 g/mol. The molecule has 4 rings (SSSR count). The number of amides is 2. The predicted octanol–water partition coefficient (Wildman–Crippen LogP) is 5.15. The van der Waals surface area contributed by atoms with Crippen LogP contribution in [0.15, 0.2) is 52.7 Å². The van der Waals surface area contributed by atoms with Gasteiger partial charge < -0.3 is 21.6 Å². The van der Waals surface area contributed by atoms with Crippen molar-refractivity contribution in [3.63, 3.8) is 0 Å². The first kappa shape index (κ1) is 33.3. The molecular weight excluding hydrogens is 520 g/mol. The van der Waals surface area contributed by atoms with E-state index < -0.39 is 0 Å². The Labute approximate surface area is 234 Å². The highest BCUT2D eigenvalue weighted by atomic mass is 32.1. The summed E-state index contributed by atoms with van der Waals surface area (Å²) in [5, 5.41) is 11.5. The molecule has 0 unspecified atom stereocenters. The number of nitrogens with one attached hydrogen (secondary N) is 3. The van der Waals surface area contributed by atoms with E-state index in [1.54, 1.807) is 24.3 Å². The molecule has 10 heteroatoms. The molecule has 0 radical (unpaired) electrons. The van der Waals surface area contributed by atoms with Crippen molar-refractivity contribution in [2.75, 3.05) is 23.7 Å². The summed E-state index contributed by atoms with van der Waals surface area (Å²) in [4.78, 5) is 29.0. The summed E-state index contributed by atoms with van der Waals surface area (Å²) in [6.07, 6.45) is 8.50. The summed E-state index contributed by atoms with van der Waals surface area (Å²) >= 11 is 5.57. The number of unbranched alkanes of at least 4 members (excludes halogenated alkanes) is 4. The number of nitrogens with zero attached hydrogens (tertiary/aromatic N) is 1. The molecule has 2 amide bonds. The Bertz CT molecular complexity index is 1130. The quantitative estimate of drug-likeness (QED) is 0.190. The second kappa shape index (κ2) is 17.7. The number of anilines is 2. The molecule has 0 bridgehead atoms. The molecule has 0 aliphatic carbocycles. The number of fused-ring (bicyclic) bond motifs is 1. The molecular formula is C28H40N4O4S2. The number of rotatable bonds is 11. The lowest BCUT2D eigenvalue weighted by atomic mass is 10.1. The van der Waals surface area contributed by atoms with Gasteiger partial charge in [-0.25, -0.2) is 4.98 Å². The molecule has 1 aromatic heterocycles. The lowest BCUT2D eigenvalue weighted by molar-refractivity contribution is -0.115. The van der Waals surface area contributed by atoms with Gasteiger partial charge in [0.05, 0.1) is 12.1 Å². The van der Waals surface area contributed by atoms with Crippen molar-refractivity contribution in [3.05, 3.63) is 59.0 Å². The van der Waals surface area contributed by atoms with E-state index in [0.29, 0.717) is 17.1 Å². The monoisotopic (exact) mass is 560 g/mol. The van der Waals surface area contributed by atoms with E-state index in [9.17, 15) is 9.59 Å². The molecule has 1 aliphatic rings. The number of carbonyl (C=O) groups is 2. The topological polar surface area (TPSA) is 146 Å². The molecule has 7 N–H and O–H groups in total. The van der Waals surface area contributed by atoms with E-state index >= 15 is 0 Å². The van der Waals surface area contributed by atoms with Gasteiger partial charge in [-0.15, -0.1) is 24.0 Å². The Kier molecular flexibility index (Phi) is 15.5. The molecule has 2 heterocycles. The van der Waals surface area contributed by atoms with Crippen LogP contribution < -0.4 is 16.0 Å². The molecule has 1 aliphatic heterocycles. The van der Waals surface area contributed by atoms with Crippen LogP contribution in [-0.2, 0) is 11.2 Å². The Morgan fingerprint density at radius 1 is 1.00 bits per heavy atom. The summed E-state index contributed by atoms with van der Waals surface area (Å²) in [6, 6.07) is 12.7. The molecule has 0 saturated heterocycles. The fourth-order valence-corrected chi connectivity index (χ4v) is 4.62. The van der Waals surface area contributed by atoms with Gasteiger partial charge in [0.25, 0.3) is 5.91 Å². The average Bonchev–Trinajstić information content (AvgIpc) is 3.49. The number of benzene rings is 2. The van der Waals surface area contributed by atoms with E-state index in [-0.39, 0.29) is 22.8 Å². The van der Waals surface area contributed by atoms with Crippen LogP contribution in [0.2, 0.25) is 0 Å². The zero-order chi connectivity index (χ0) is 25.8. The van der Waals surface area contributed by atoms with E-state index in [2.05, 4.69) is 47.4 Å². The van der Waals surface area contributed by atoms with E-state index in [1.165, 1.54) is 63.0 Å². The van der Waals surface area contributed by atoms with Crippen molar-refractivity contribution in [1.82, 2.24) is 10.3 Å². The SMILES string of the molecule is CCCCCNCCCCC.O.O.O=C1Cc2cc(-c3csc(NC(=O)c4ccc(S)cc4)n3)ccc2N1. The zero-order valence-electron chi connectivity index (χ0n) is 22.1. The third kappa shape index (κ3) is 10.5. The molecule has 2 aromatic carbocycles. The molecule has 0 saturated carbocycles. The standard InChI is InChI=1S/C18H13N3O2S2.C10H23N.2H2O/c22-16-8-12-7-11(3-6-14(12)19-16)15-9-25-18(20-15)21-17(23)10-1-4-13(24)5-2-10;1-3-5-7-9-11-10-8-6-4-2;;/h1-7,9,24H,8H2,(H,19,22)(H,20,21,23);11H,3-10H2,1-2H3;2*1H2. The molecule has 3 aromatic rings. The normalized spacial score (nSPS) is 11.3. The molecule has 208 valence electrons. The van der Waals surface area contributed by atoms with Gasteiger partial charge in [-0.2, -0.15) is 0 Å². The van der Waals surface area contributed by atoms with Crippen LogP contribution in [0.5, 0.6) is 0 Å². The Morgan fingerprint density at radius 2 is 1.66 bits per heavy atom. The first-order chi connectivity index (χ1) is 17.5. The predicted molar refractivity (Wildman–Crippen MR) is 161 cm³/mol. The maximum absolute atomic E-state index is 12.2. The number of thiazole rings is 1. The van der Waals surface area contributed by atoms with Crippen LogP contribution in [-0.4, -0.2) is 40.8 Å².